The molecule has 1 unspecified atom stereocenters. The number of piperidine rings is 1. The molecule has 2 heterocycles. The zero-order valence-electron chi connectivity index (χ0n) is 14.6. The van der Waals surface area contributed by atoms with E-state index in [-0.39, 0.29) is 11.9 Å². The Morgan fingerprint density at radius 1 is 1.28 bits per heavy atom. The summed E-state index contributed by atoms with van der Waals surface area (Å²) < 4.78 is 5.51. The molecule has 1 fully saturated rings. The van der Waals surface area contributed by atoms with Crippen LogP contribution in [0.25, 0.3) is 11.4 Å². The average molecular weight is 362 g/mol. The molecule has 1 aromatic heterocycles. The molecular formula is C19H24ClN3O2. The van der Waals surface area contributed by atoms with E-state index in [1.54, 1.807) is 12.1 Å². The summed E-state index contributed by atoms with van der Waals surface area (Å²) in [5.74, 6) is 1.27. The van der Waals surface area contributed by atoms with Gasteiger partial charge in [-0.1, -0.05) is 36.5 Å². The summed E-state index contributed by atoms with van der Waals surface area (Å²) in [6, 6.07) is 7.24. The standard InChI is InChI=1S/C19H24ClN3O2/c1-2-3-4-8-17(24)23-13-6-5-7-16(23)19-21-18(22-25-19)14-9-11-15(20)12-10-14/h9-12,16H,2-8,13H2,1H3. The molecule has 1 saturated heterocycles. The molecule has 2 aromatic rings. The van der Waals surface area contributed by atoms with Gasteiger partial charge in [-0.3, -0.25) is 4.79 Å². The summed E-state index contributed by atoms with van der Waals surface area (Å²) in [5, 5.41) is 4.76. The van der Waals surface area contributed by atoms with E-state index >= 15 is 0 Å². The third-order valence-electron chi connectivity index (χ3n) is 4.65. The molecule has 6 heteroatoms. The van der Waals surface area contributed by atoms with Gasteiger partial charge in [0.2, 0.25) is 17.6 Å². The molecule has 1 aliphatic rings. The Balaban J connectivity index is 1.74. The van der Waals surface area contributed by atoms with E-state index in [9.17, 15) is 4.79 Å². The van der Waals surface area contributed by atoms with Gasteiger partial charge in [-0.05, 0) is 49.9 Å². The fraction of sp³-hybridized carbons (Fsp3) is 0.526. The average Bonchev–Trinajstić information content (AvgIpc) is 3.12. The van der Waals surface area contributed by atoms with Crippen LogP contribution in [0.3, 0.4) is 0 Å². The SMILES string of the molecule is CCCCCC(=O)N1CCCCC1c1nc(-c2ccc(Cl)cc2)no1. The minimum atomic E-state index is -0.101. The fourth-order valence-corrected chi connectivity index (χ4v) is 3.37. The number of hydrogen-bond donors (Lipinski definition) is 0. The molecule has 134 valence electrons. The lowest BCUT2D eigenvalue weighted by Crippen LogP contribution is -2.38. The Labute approximate surface area is 153 Å². The van der Waals surface area contributed by atoms with Crippen molar-refractivity contribution < 1.29 is 9.32 Å². The number of amides is 1. The van der Waals surface area contributed by atoms with Gasteiger partial charge in [0.15, 0.2) is 0 Å². The summed E-state index contributed by atoms with van der Waals surface area (Å²) in [6.07, 6.45) is 6.73. The highest BCUT2D eigenvalue weighted by Gasteiger charge is 2.31. The van der Waals surface area contributed by atoms with Crippen molar-refractivity contribution in [3.8, 4) is 11.4 Å². The highest BCUT2D eigenvalue weighted by molar-refractivity contribution is 6.30. The minimum Gasteiger partial charge on any atom is -0.337 e. The number of nitrogens with zero attached hydrogens (tertiary/aromatic N) is 3. The lowest BCUT2D eigenvalue weighted by Gasteiger charge is -2.33. The molecule has 1 aromatic carbocycles. The molecule has 0 N–H and O–H groups in total. The van der Waals surface area contributed by atoms with Crippen molar-refractivity contribution in [1.82, 2.24) is 15.0 Å². The van der Waals surface area contributed by atoms with Gasteiger partial charge in [0.1, 0.15) is 6.04 Å². The quantitative estimate of drug-likeness (QED) is 0.677. The summed E-state index contributed by atoms with van der Waals surface area (Å²) in [4.78, 5) is 19.1. The van der Waals surface area contributed by atoms with Crippen LogP contribution in [-0.4, -0.2) is 27.5 Å². The number of likely N-dealkylation sites (tertiary alicyclic amines) is 1. The molecule has 1 amide bonds. The highest BCUT2D eigenvalue weighted by atomic mass is 35.5. The van der Waals surface area contributed by atoms with E-state index in [0.29, 0.717) is 23.2 Å². The van der Waals surface area contributed by atoms with E-state index in [1.807, 2.05) is 17.0 Å². The number of aromatic nitrogens is 2. The van der Waals surface area contributed by atoms with Gasteiger partial charge in [0.25, 0.3) is 0 Å². The van der Waals surface area contributed by atoms with E-state index in [2.05, 4.69) is 17.1 Å². The predicted molar refractivity (Wildman–Crippen MR) is 97.2 cm³/mol. The monoisotopic (exact) mass is 361 g/mol. The molecule has 1 aliphatic heterocycles. The number of hydrogen-bond acceptors (Lipinski definition) is 4. The number of unbranched alkanes of at least 4 members (excludes halogenated alkanes) is 2. The first kappa shape index (κ1) is 17.9. The summed E-state index contributed by atoms with van der Waals surface area (Å²) in [7, 11) is 0. The molecule has 0 radical (unpaired) electrons. The molecule has 0 saturated carbocycles. The van der Waals surface area contributed by atoms with Crippen LogP contribution in [0.1, 0.15) is 63.8 Å². The molecule has 0 spiro atoms. The van der Waals surface area contributed by atoms with E-state index in [0.717, 1.165) is 50.6 Å². The smallest absolute Gasteiger partial charge is 0.249 e. The number of carbonyl (C=O) groups is 1. The van der Waals surface area contributed by atoms with Crippen LogP contribution in [0.15, 0.2) is 28.8 Å². The first-order chi connectivity index (χ1) is 12.2. The van der Waals surface area contributed by atoms with Crippen LogP contribution in [0, 0.1) is 0 Å². The van der Waals surface area contributed by atoms with Gasteiger partial charge in [-0.15, -0.1) is 0 Å². The predicted octanol–water partition coefficient (Wildman–Crippen LogP) is 5.02. The molecule has 3 rings (SSSR count). The van der Waals surface area contributed by atoms with Crippen LogP contribution in [0.4, 0.5) is 0 Å². The van der Waals surface area contributed by atoms with Crippen LogP contribution >= 0.6 is 11.6 Å². The normalized spacial score (nSPS) is 17.7. The van der Waals surface area contributed by atoms with Crippen LogP contribution in [0.2, 0.25) is 5.02 Å². The van der Waals surface area contributed by atoms with Gasteiger partial charge >= 0.3 is 0 Å². The molecule has 5 nitrogen and oxygen atoms in total. The zero-order chi connectivity index (χ0) is 17.6. The number of benzene rings is 1. The van der Waals surface area contributed by atoms with Gasteiger partial charge in [-0.2, -0.15) is 4.98 Å². The van der Waals surface area contributed by atoms with Gasteiger partial charge < -0.3 is 9.42 Å². The van der Waals surface area contributed by atoms with Crippen LogP contribution in [-0.2, 0) is 4.79 Å². The Morgan fingerprint density at radius 2 is 2.08 bits per heavy atom. The molecule has 1 atom stereocenters. The van der Waals surface area contributed by atoms with Crippen molar-refractivity contribution in [2.75, 3.05) is 6.54 Å². The van der Waals surface area contributed by atoms with Crippen LogP contribution in [0.5, 0.6) is 0 Å². The van der Waals surface area contributed by atoms with Crippen molar-refractivity contribution in [2.24, 2.45) is 0 Å². The second-order valence-electron chi connectivity index (χ2n) is 6.52. The molecule has 0 aliphatic carbocycles. The second-order valence-corrected chi connectivity index (χ2v) is 6.96. The third-order valence-corrected chi connectivity index (χ3v) is 4.90. The topological polar surface area (TPSA) is 59.2 Å². The number of halogens is 1. The summed E-state index contributed by atoms with van der Waals surface area (Å²) in [6.45, 7) is 2.92. The summed E-state index contributed by atoms with van der Waals surface area (Å²) in [5.41, 5.74) is 0.857. The maximum absolute atomic E-state index is 12.6. The van der Waals surface area contributed by atoms with E-state index in [4.69, 9.17) is 16.1 Å². The lowest BCUT2D eigenvalue weighted by atomic mass is 10.0. The Kier molecular flexibility index (Phi) is 6.08. The number of rotatable bonds is 6. The summed E-state index contributed by atoms with van der Waals surface area (Å²) >= 11 is 5.92. The first-order valence-corrected chi connectivity index (χ1v) is 9.46. The maximum atomic E-state index is 12.6. The van der Waals surface area contributed by atoms with Crippen molar-refractivity contribution in [2.45, 2.75) is 57.9 Å². The zero-order valence-corrected chi connectivity index (χ0v) is 15.3. The van der Waals surface area contributed by atoms with E-state index < -0.39 is 0 Å². The highest BCUT2D eigenvalue weighted by Crippen LogP contribution is 2.32. The van der Waals surface area contributed by atoms with E-state index in [1.165, 1.54) is 0 Å². The van der Waals surface area contributed by atoms with Crippen LogP contribution < -0.4 is 0 Å². The van der Waals surface area contributed by atoms with Gasteiger partial charge in [0.05, 0.1) is 0 Å². The molecular weight excluding hydrogens is 338 g/mol. The van der Waals surface area contributed by atoms with Gasteiger partial charge in [-0.25, -0.2) is 0 Å². The van der Waals surface area contributed by atoms with Crippen molar-refractivity contribution in [3.05, 3.63) is 35.2 Å². The van der Waals surface area contributed by atoms with Crippen molar-refractivity contribution in [1.29, 1.82) is 0 Å². The first-order valence-electron chi connectivity index (χ1n) is 9.08. The van der Waals surface area contributed by atoms with Crippen molar-refractivity contribution in [3.63, 3.8) is 0 Å². The Morgan fingerprint density at radius 3 is 2.84 bits per heavy atom. The fourth-order valence-electron chi connectivity index (χ4n) is 3.24. The van der Waals surface area contributed by atoms with Gasteiger partial charge in [0, 0.05) is 23.6 Å². The lowest BCUT2D eigenvalue weighted by molar-refractivity contribution is -0.135. The Bertz CT molecular complexity index is 699. The molecule has 0 bridgehead atoms. The third kappa shape index (κ3) is 4.40. The Hall–Kier alpha value is -1.88. The number of carbonyl (C=O) groups excluding carboxylic acids is 1. The second kappa shape index (κ2) is 8.48. The minimum absolute atomic E-state index is 0.101. The van der Waals surface area contributed by atoms with Crippen molar-refractivity contribution >= 4 is 17.5 Å². The largest absolute Gasteiger partial charge is 0.337 e. The molecule has 25 heavy (non-hydrogen) atoms. The maximum Gasteiger partial charge on any atom is 0.249 e.